The first-order valence-electron chi connectivity index (χ1n) is 12.0. The molecule has 1 aliphatic carbocycles. The highest BCUT2D eigenvalue weighted by Crippen LogP contribution is 2.47. The molecular formula is C28H33FN6. The van der Waals surface area contributed by atoms with Crippen LogP contribution in [0.3, 0.4) is 0 Å². The second kappa shape index (κ2) is 9.49. The molecule has 1 aliphatic heterocycles. The van der Waals surface area contributed by atoms with E-state index in [1.54, 1.807) is 26.1 Å². The van der Waals surface area contributed by atoms with Crippen molar-refractivity contribution in [1.29, 1.82) is 16.2 Å². The van der Waals surface area contributed by atoms with E-state index in [2.05, 4.69) is 24.4 Å². The predicted molar refractivity (Wildman–Crippen MR) is 139 cm³/mol. The summed E-state index contributed by atoms with van der Waals surface area (Å²) in [6.45, 7) is 9.21. The van der Waals surface area contributed by atoms with Crippen LogP contribution in [0.5, 0.6) is 0 Å². The molecule has 0 spiro atoms. The van der Waals surface area contributed by atoms with Crippen molar-refractivity contribution >= 4 is 17.2 Å². The highest BCUT2D eigenvalue weighted by Gasteiger charge is 2.43. The molecule has 0 radical (unpaired) electrons. The third-order valence-electron chi connectivity index (χ3n) is 6.68. The quantitative estimate of drug-likeness (QED) is 0.307. The van der Waals surface area contributed by atoms with Crippen molar-refractivity contribution in [2.45, 2.75) is 59.9 Å². The Balaban J connectivity index is 1.95. The van der Waals surface area contributed by atoms with Gasteiger partial charge in [0.05, 0.1) is 11.7 Å². The number of halogens is 1. The molecule has 2 heterocycles. The molecule has 35 heavy (non-hydrogen) atoms. The maximum absolute atomic E-state index is 15.3. The van der Waals surface area contributed by atoms with Gasteiger partial charge in [-0.2, -0.15) is 0 Å². The zero-order chi connectivity index (χ0) is 25.4. The summed E-state index contributed by atoms with van der Waals surface area (Å²) in [7, 11) is 0. The lowest BCUT2D eigenvalue weighted by atomic mass is 9.85. The van der Waals surface area contributed by atoms with Gasteiger partial charge in [-0.15, -0.1) is 0 Å². The topological polar surface area (TPSA) is 91.8 Å². The van der Waals surface area contributed by atoms with Crippen molar-refractivity contribution in [3.8, 4) is 0 Å². The number of pyridine rings is 1. The van der Waals surface area contributed by atoms with Crippen molar-refractivity contribution in [3.05, 3.63) is 93.3 Å². The highest BCUT2D eigenvalue weighted by atomic mass is 19.1. The van der Waals surface area contributed by atoms with Crippen LogP contribution in [0.15, 0.2) is 65.3 Å². The van der Waals surface area contributed by atoms with Crippen molar-refractivity contribution in [2.24, 2.45) is 0 Å². The Kier molecular flexibility index (Phi) is 6.61. The molecule has 0 bridgehead atoms. The van der Waals surface area contributed by atoms with Crippen molar-refractivity contribution < 1.29 is 4.39 Å². The fourth-order valence-corrected chi connectivity index (χ4v) is 4.83. The Labute approximate surface area is 206 Å². The summed E-state index contributed by atoms with van der Waals surface area (Å²) in [5.41, 5.74) is 6.50. The summed E-state index contributed by atoms with van der Waals surface area (Å²) in [4.78, 5) is 2.01. The fourth-order valence-electron chi connectivity index (χ4n) is 4.83. The van der Waals surface area contributed by atoms with Crippen LogP contribution in [-0.2, 0) is 0 Å². The van der Waals surface area contributed by atoms with Crippen molar-refractivity contribution in [2.75, 3.05) is 4.90 Å². The van der Waals surface area contributed by atoms with E-state index in [4.69, 9.17) is 16.2 Å². The number of nitrogens with zero attached hydrogens (tertiary/aromatic N) is 2. The number of allylic oxidation sites excluding steroid dienone is 4. The molecule has 182 valence electrons. The average Bonchev–Trinajstić information content (AvgIpc) is 2.79. The lowest BCUT2D eigenvalue weighted by molar-refractivity contribution is 0.563. The first kappa shape index (κ1) is 24.4. The van der Waals surface area contributed by atoms with Gasteiger partial charge in [0.25, 0.3) is 0 Å². The summed E-state index contributed by atoms with van der Waals surface area (Å²) >= 11 is 0. The zero-order valence-corrected chi connectivity index (χ0v) is 21.0. The second-order valence-corrected chi connectivity index (χ2v) is 9.29. The molecular weight excluding hydrogens is 439 g/mol. The number of hydrogen-bond donors (Lipinski definition) is 4. The van der Waals surface area contributed by atoms with Gasteiger partial charge < -0.3 is 15.6 Å². The molecule has 1 atom stereocenters. The molecule has 2 aromatic rings. The van der Waals surface area contributed by atoms with Crippen LogP contribution in [-0.4, -0.2) is 16.1 Å². The van der Waals surface area contributed by atoms with Crippen LogP contribution in [0, 0.1) is 35.9 Å². The zero-order valence-electron chi connectivity index (χ0n) is 21.0. The number of aromatic nitrogens is 1. The largest absolute Gasteiger partial charge is 0.345 e. The summed E-state index contributed by atoms with van der Waals surface area (Å²) in [6, 6.07) is 6.62. The molecule has 1 unspecified atom stereocenters. The van der Waals surface area contributed by atoms with Gasteiger partial charge in [-0.3, -0.25) is 15.4 Å². The SMILES string of the molecule is CCC1=C(NC2=C(C(C)=N)C(c3ccc(C)cc3F)N2c2cc(C)c(=N)n(C(C)=N)c2)CCC=C1. The van der Waals surface area contributed by atoms with Gasteiger partial charge in [0.2, 0.25) is 0 Å². The molecule has 2 aliphatic rings. The van der Waals surface area contributed by atoms with E-state index in [1.165, 1.54) is 16.2 Å². The number of benzene rings is 1. The van der Waals surface area contributed by atoms with Crippen LogP contribution >= 0.6 is 0 Å². The molecule has 6 nitrogen and oxygen atoms in total. The number of hydrogen-bond acceptors (Lipinski definition) is 5. The molecule has 0 amide bonds. The van der Waals surface area contributed by atoms with E-state index < -0.39 is 6.04 Å². The summed E-state index contributed by atoms with van der Waals surface area (Å²) in [6.07, 6.45) is 8.78. The van der Waals surface area contributed by atoms with Crippen LogP contribution in [0.4, 0.5) is 10.1 Å². The van der Waals surface area contributed by atoms with Gasteiger partial charge in [-0.1, -0.05) is 31.2 Å². The van der Waals surface area contributed by atoms with Crippen LogP contribution in [0.1, 0.15) is 62.8 Å². The third kappa shape index (κ3) is 4.38. The average molecular weight is 473 g/mol. The number of nitrogens with one attached hydrogen (secondary N) is 4. The normalized spacial score (nSPS) is 17.5. The smallest absolute Gasteiger partial charge is 0.133 e. The lowest BCUT2D eigenvalue weighted by Gasteiger charge is -2.47. The monoisotopic (exact) mass is 472 g/mol. The first-order valence-corrected chi connectivity index (χ1v) is 12.0. The summed E-state index contributed by atoms with van der Waals surface area (Å²) < 4.78 is 16.8. The van der Waals surface area contributed by atoms with E-state index in [-0.39, 0.29) is 17.1 Å². The van der Waals surface area contributed by atoms with E-state index in [1.807, 2.05) is 30.9 Å². The van der Waals surface area contributed by atoms with Gasteiger partial charge in [-0.05, 0) is 75.8 Å². The molecule has 4 N–H and O–H groups in total. The van der Waals surface area contributed by atoms with Gasteiger partial charge in [0.1, 0.15) is 23.0 Å². The third-order valence-corrected chi connectivity index (χ3v) is 6.68. The molecule has 4 rings (SSSR count). The van der Waals surface area contributed by atoms with E-state index in [0.29, 0.717) is 16.8 Å². The molecule has 1 aromatic carbocycles. The molecule has 0 saturated carbocycles. The van der Waals surface area contributed by atoms with Crippen LogP contribution in [0.25, 0.3) is 0 Å². The Morgan fingerprint density at radius 3 is 2.54 bits per heavy atom. The van der Waals surface area contributed by atoms with Gasteiger partial charge >= 0.3 is 0 Å². The Bertz CT molecular complexity index is 1370. The Morgan fingerprint density at radius 2 is 1.91 bits per heavy atom. The Hall–Kier alpha value is -3.74. The Morgan fingerprint density at radius 1 is 1.17 bits per heavy atom. The minimum Gasteiger partial charge on any atom is -0.345 e. The molecule has 0 saturated heterocycles. The standard InChI is InChI=1S/C28H33FN6/c1-6-20-9-7-8-10-24(20)33-28-25(18(4)30)26(22-12-11-16(2)13-23(22)29)35(28)21-14-17(3)27(32)34(15-21)19(5)31/h7,9,11-15,26,30-33H,6,8,10H2,1-5H3. The van der Waals surface area contributed by atoms with Gasteiger partial charge in [0.15, 0.2) is 0 Å². The van der Waals surface area contributed by atoms with Gasteiger partial charge in [0, 0.05) is 28.7 Å². The molecule has 1 aromatic heterocycles. The van der Waals surface area contributed by atoms with Gasteiger partial charge in [-0.25, -0.2) is 4.39 Å². The van der Waals surface area contributed by atoms with E-state index >= 15 is 4.39 Å². The molecule has 0 fully saturated rings. The van der Waals surface area contributed by atoms with Crippen molar-refractivity contribution in [1.82, 2.24) is 9.88 Å². The lowest BCUT2D eigenvalue weighted by Crippen LogP contribution is -2.49. The van der Waals surface area contributed by atoms with E-state index in [9.17, 15) is 0 Å². The number of aryl methyl sites for hydroxylation is 2. The number of rotatable bonds is 6. The highest BCUT2D eigenvalue weighted by molar-refractivity contribution is 6.02. The fraction of sp³-hybridized carbons (Fsp3) is 0.321. The van der Waals surface area contributed by atoms with E-state index in [0.717, 1.165) is 47.6 Å². The predicted octanol–water partition coefficient (Wildman–Crippen LogP) is 5.99. The summed E-state index contributed by atoms with van der Waals surface area (Å²) in [5, 5.41) is 28.7. The van der Waals surface area contributed by atoms with Crippen molar-refractivity contribution in [3.63, 3.8) is 0 Å². The second-order valence-electron chi connectivity index (χ2n) is 9.29. The maximum atomic E-state index is 15.3. The summed E-state index contributed by atoms with van der Waals surface area (Å²) in [5.74, 6) is 0.677. The van der Waals surface area contributed by atoms with Crippen LogP contribution in [0.2, 0.25) is 0 Å². The number of anilines is 1. The molecule has 7 heteroatoms. The first-order chi connectivity index (χ1) is 16.6. The van der Waals surface area contributed by atoms with Crippen LogP contribution < -0.4 is 15.7 Å². The minimum atomic E-state index is -0.490. The maximum Gasteiger partial charge on any atom is 0.133 e. The minimum absolute atomic E-state index is 0.230.